The van der Waals surface area contributed by atoms with Gasteiger partial charge in [0.15, 0.2) is 5.16 Å². The van der Waals surface area contributed by atoms with Crippen LogP contribution in [0.15, 0.2) is 40.3 Å². The van der Waals surface area contributed by atoms with Crippen molar-refractivity contribution in [3.63, 3.8) is 0 Å². The lowest BCUT2D eigenvalue weighted by molar-refractivity contribution is 0.344. The average molecular weight is 277 g/mol. The largest absolute Gasteiger partial charge is 0.493 e. The Morgan fingerprint density at radius 3 is 3.00 bits per heavy atom. The number of H-pyrrole nitrogens is 1. The Bertz CT molecular complexity index is 613. The van der Waals surface area contributed by atoms with Gasteiger partial charge in [-0.1, -0.05) is 17.8 Å². The van der Waals surface area contributed by atoms with Gasteiger partial charge in [0.25, 0.3) is 5.56 Å². The molecule has 6 heteroatoms. The van der Waals surface area contributed by atoms with Gasteiger partial charge in [-0.3, -0.25) is 4.79 Å². The number of thioether (sulfide) groups is 1. The van der Waals surface area contributed by atoms with Gasteiger partial charge in [-0.15, -0.1) is 0 Å². The summed E-state index contributed by atoms with van der Waals surface area (Å²) in [5.41, 5.74) is 6.91. The first-order valence-corrected chi connectivity index (χ1v) is 6.81. The molecule has 0 aliphatic rings. The minimum absolute atomic E-state index is 0.133. The summed E-state index contributed by atoms with van der Waals surface area (Å²) >= 11 is 1.45. The molecule has 2 rings (SSSR count). The molecule has 0 amide bonds. The highest BCUT2D eigenvalue weighted by Crippen LogP contribution is 2.16. The highest BCUT2D eigenvalue weighted by Gasteiger charge is 2.00. The van der Waals surface area contributed by atoms with E-state index in [0.717, 1.165) is 5.75 Å². The van der Waals surface area contributed by atoms with Crippen molar-refractivity contribution in [3.8, 4) is 5.75 Å². The number of aromatic amines is 1. The first-order valence-electron chi connectivity index (χ1n) is 5.82. The van der Waals surface area contributed by atoms with Gasteiger partial charge < -0.3 is 15.5 Å². The van der Waals surface area contributed by atoms with Gasteiger partial charge >= 0.3 is 0 Å². The molecule has 0 saturated heterocycles. The number of rotatable bonds is 5. The Labute approximate surface area is 115 Å². The second-order valence-electron chi connectivity index (χ2n) is 3.96. The Morgan fingerprint density at radius 1 is 1.42 bits per heavy atom. The molecule has 0 aliphatic carbocycles. The molecule has 0 radical (unpaired) electrons. The topological polar surface area (TPSA) is 81.0 Å². The molecule has 0 spiro atoms. The van der Waals surface area contributed by atoms with Crippen molar-refractivity contribution in [1.82, 2.24) is 9.97 Å². The van der Waals surface area contributed by atoms with Gasteiger partial charge in [0.05, 0.1) is 6.61 Å². The van der Waals surface area contributed by atoms with E-state index in [9.17, 15) is 4.79 Å². The van der Waals surface area contributed by atoms with Crippen LogP contribution < -0.4 is 16.0 Å². The third-order valence-electron chi connectivity index (χ3n) is 2.30. The molecule has 1 aromatic heterocycles. The predicted octanol–water partition coefficient (Wildman–Crippen LogP) is 1.83. The molecule has 0 aliphatic heterocycles. The normalized spacial score (nSPS) is 10.4. The van der Waals surface area contributed by atoms with Crippen LogP contribution in [-0.4, -0.2) is 22.3 Å². The molecule has 1 aromatic carbocycles. The molecule has 2 aromatic rings. The average Bonchev–Trinajstić information content (AvgIpc) is 2.34. The molecule has 100 valence electrons. The van der Waals surface area contributed by atoms with E-state index in [-0.39, 0.29) is 5.56 Å². The molecular formula is C13H15N3O2S. The van der Waals surface area contributed by atoms with E-state index in [4.69, 9.17) is 10.5 Å². The molecule has 0 fully saturated rings. The monoisotopic (exact) mass is 277 g/mol. The number of nitrogens with two attached hydrogens (primary N) is 1. The minimum atomic E-state index is -0.133. The number of benzene rings is 1. The van der Waals surface area contributed by atoms with Crippen LogP contribution in [0.5, 0.6) is 5.75 Å². The zero-order chi connectivity index (χ0) is 13.7. The van der Waals surface area contributed by atoms with Gasteiger partial charge in [-0.25, -0.2) is 4.98 Å². The fourth-order valence-corrected chi connectivity index (χ4v) is 2.26. The Balaban J connectivity index is 1.82. The Morgan fingerprint density at radius 2 is 2.26 bits per heavy atom. The lowest BCUT2D eigenvalue weighted by Crippen LogP contribution is -2.09. The smallest absolute Gasteiger partial charge is 0.251 e. The van der Waals surface area contributed by atoms with Crippen LogP contribution in [0.2, 0.25) is 0 Å². The molecule has 0 saturated carbocycles. The van der Waals surface area contributed by atoms with Crippen LogP contribution in [0.4, 0.5) is 5.69 Å². The molecule has 5 nitrogen and oxygen atoms in total. The second kappa shape index (κ2) is 6.29. The van der Waals surface area contributed by atoms with Gasteiger partial charge in [0, 0.05) is 29.3 Å². The third-order valence-corrected chi connectivity index (χ3v) is 3.13. The highest BCUT2D eigenvalue weighted by molar-refractivity contribution is 7.99. The van der Waals surface area contributed by atoms with E-state index < -0.39 is 0 Å². The van der Waals surface area contributed by atoms with Gasteiger partial charge in [0.1, 0.15) is 5.75 Å². The number of hydrogen-bond donors (Lipinski definition) is 2. The number of nitrogen functional groups attached to an aromatic ring is 1. The lowest BCUT2D eigenvalue weighted by Gasteiger charge is -2.06. The Hall–Kier alpha value is -1.95. The standard InChI is InChI=1S/C13H15N3O2S/c1-9-7-12(17)16-13(15-9)19-6-5-18-11-4-2-3-10(14)8-11/h2-4,7-8H,5-6,14H2,1H3,(H,15,16,17). The molecule has 1 heterocycles. The van der Waals surface area contributed by atoms with Gasteiger partial charge in [0.2, 0.25) is 0 Å². The zero-order valence-corrected chi connectivity index (χ0v) is 11.4. The van der Waals surface area contributed by atoms with Gasteiger partial charge in [-0.2, -0.15) is 0 Å². The second-order valence-corrected chi connectivity index (χ2v) is 5.04. The number of ether oxygens (including phenoxy) is 1. The van der Waals surface area contributed by atoms with Crippen LogP contribution in [0.1, 0.15) is 5.69 Å². The van der Waals surface area contributed by atoms with Crippen molar-refractivity contribution >= 4 is 17.4 Å². The molecule has 0 bridgehead atoms. The maximum Gasteiger partial charge on any atom is 0.251 e. The Kier molecular flexibility index (Phi) is 4.46. The van der Waals surface area contributed by atoms with Crippen LogP contribution in [-0.2, 0) is 0 Å². The summed E-state index contributed by atoms with van der Waals surface area (Å²) in [5, 5.41) is 0.612. The minimum Gasteiger partial charge on any atom is -0.493 e. The summed E-state index contributed by atoms with van der Waals surface area (Å²) in [7, 11) is 0. The van der Waals surface area contributed by atoms with Crippen molar-refractivity contribution in [2.75, 3.05) is 18.1 Å². The molecule has 3 N–H and O–H groups in total. The summed E-state index contributed by atoms with van der Waals surface area (Å²) in [6, 6.07) is 8.75. The van der Waals surface area contributed by atoms with E-state index in [1.54, 1.807) is 13.0 Å². The quantitative estimate of drug-likeness (QED) is 0.377. The maximum absolute atomic E-state index is 11.2. The molecule has 0 unspecified atom stereocenters. The predicted molar refractivity (Wildman–Crippen MR) is 76.7 cm³/mol. The van der Waals surface area contributed by atoms with E-state index in [1.165, 1.54) is 17.8 Å². The number of anilines is 1. The van der Waals surface area contributed by atoms with E-state index >= 15 is 0 Å². The first kappa shape index (κ1) is 13.5. The summed E-state index contributed by atoms with van der Waals surface area (Å²) in [6.07, 6.45) is 0. The number of nitrogens with one attached hydrogen (secondary N) is 1. The van der Waals surface area contributed by atoms with Crippen molar-refractivity contribution in [3.05, 3.63) is 46.4 Å². The number of nitrogens with zero attached hydrogens (tertiary/aromatic N) is 1. The summed E-state index contributed by atoms with van der Waals surface area (Å²) < 4.78 is 5.55. The van der Waals surface area contributed by atoms with Crippen molar-refractivity contribution < 1.29 is 4.74 Å². The van der Waals surface area contributed by atoms with Crippen molar-refractivity contribution in [2.24, 2.45) is 0 Å². The van der Waals surface area contributed by atoms with Crippen LogP contribution in [0.25, 0.3) is 0 Å². The first-order chi connectivity index (χ1) is 9.13. The number of hydrogen-bond acceptors (Lipinski definition) is 5. The number of aromatic nitrogens is 2. The van der Waals surface area contributed by atoms with Crippen LogP contribution in [0, 0.1) is 6.92 Å². The lowest BCUT2D eigenvalue weighted by atomic mass is 10.3. The van der Waals surface area contributed by atoms with Crippen LogP contribution in [0.3, 0.4) is 0 Å². The van der Waals surface area contributed by atoms with Crippen molar-refractivity contribution in [2.45, 2.75) is 12.1 Å². The van der Waals surface area contributed by atoms with Gasteiger partial charge in [-0.05, 0) is 19.1 Å². The van der Waals surface area contributed by atoms with E-state index in [2.05, 4.69) is 9.97 Å². The molecule has 19 heavy (non-hydrogen) atoms. The molecular weight excluding hydrogens is 262 g/mol. The third kappa shape index (κ3) is 4.33. The fraction of sp³-hybridized carbons (Fsp3) is 0.231. The van der Waals surface area contributed by atoms with Crippen molar-refractivity contribution in [1.29, 1.82) is 0 Å². The fourth-order valence-electron chi connectivity index (χ4n) is 1.52. The van der Waals surface area contributed by atoms with Crippen LogP contribution >= 0.6 is 11.8 Å². The summed E-state index contributed by atoms with van der Waals surface area (Å²) in [6.45, 7) is 2.31. The highest BCUT2D eigenvalue weighted by atomic mass is 32.2. The van der Waals surface area contributed by atoms with E-state index in [1.807, 2.05) is 18.2 Å². The maximum atomic E-state index is 11.2. The number of aryl methyl sites for hydroxylation is 1. The zero-order valence-electron chi connectivity index (χ0n) is 10.6. The summed E-state index contributed by atoms with van der Waals surface area (Å²) in [5.74, 6) is 1.44. The summed E-state index contributed by atoms with van der Waals surface area (Å²) in [4.78, 5) is 18.1. The molecule has 0 atom stereocenters. The van der Waals surface area contributed by atoms with E-state index in [0.29, 0.717) is 28.9 Å². The SMILES string of the molecule is Cc1cc(=O)[nH]c(SCCOc2cccc(N)c2)n1.